The third kappa shape index (κ3) is 5.14. The Morgan fingerprint density at radius 3 is 2.20 bits per heavy atom. The number of esters is 3. The van der Waals surface area contributed by atoms with Gasteiger partial charge in [-0.15, -0.1) is 0 Å². The Balaban J connectivity index is 2.82. The van der Waals surface area contributed by atoms with Crippen LogP contribution in [0.5, 0.6) is 0 Å². The molecule has 1 aliphatic heterocycles. The fourth-order valence-electron chi connectivity index (χ4n) is 1.91. The molecule has 1 N–H and O–H groups in total. The summed E-state index contributed by atoms with van der Waals surface area (Å²) >= 11 is 0. The van der Waals surface area contributed by atoms with Gasteiger partial charge >= 0.3 is 17.9 Å². The van der Waals surface area contributed by atoms with Crippen LogP contribution < -0.4 is 0 Å². The Morgan fingerprint density at radius 2 is 1.70 bits per heavy atom. The zero-order valence-electron chi connectivity index (χ0n) is 11.5. The molecule has 0 bridgehead atoms. The second-order valence-corrected chi connectivity index (χ2v) is 4.39. The molecular formula is C12H18O8. The van der Waals surface area contributed by atoms with Crippen LogP contribution in [0.25, 0.3) is 0 Å². The molecule has 1 rings (SSSR count). The number of aliphatic hydroxyl groups excluding tert-OH is 1. The van der Waals surface area contributed by atoms with Crippen LogP contribution in [0.3, 0.4) is 0 Å². The number of carbonyl (C=O) groups excluding carboxylic acids is 3. The van der Waals surface area contributed by atoms with Gasteiger partial charge in [-0.1, -0.05) is 0 Å². The molecule has 0 aromatic carbocycles. The lowest BCUT2D eigenvalue weighted by molar-refractivity contribution is -0.252. The Bertz CT molecular complexity index is 380. The van der Waals surface area contributed by atoms with Gasteiger partial charge < -0.3 is 24.1 Å². The van der Waals surface area contributed by atoms with Crippen molar-refractivity contribution in [2.75, 3.05) is 6.61 Å². The fraction of sp³-hybridized carbons (Fsp3) is 0.750. The highest BCUT2D eigenvalue weighted by Gasteiger charge is 2.43. The van der Waals surface area contributed by atoms with Crippen LogP contribution in [0.4, 0.5) is 0 Å². The van der Waals surface area contributed by atoms with Crippen molar-refractivity contribution in [1.29, 1.82) is 0 Å². The summed E-state index contributed by atoms with van der Waals surface area (Å²) in [5.74, 6) is -1.72. The van der Waals surface area contributed by atoms with E-state index in [-0.39, 0.29) is 13.0 Å². The van der Waals surface area contributed by atoms with Crippen LogP contribution in [0, 0.1) is 0 Å². The molecule has 4 atom stereocenters. The molecule has 0 aliphatic carbocycles. The lowest BCUT2D eigenvalue weighted by Gasteiger charge is -2.38. The standard InChI is InChI=1S/C12H18O8/c1-6(13)17-5-10-12(19-8(3)15)9(18-7(2)14)4-11(16)20-10/h9-12,16H,4-5H2,1-3H3/t9-,10-,11+,12-/m1/s1. The molecule has 0 amide bonds. The Hall–Kier alpha value is -1.67. The number of rotatable bonds is 4. The molecule has 0 aromatic rings. The monoisotopic (exact) mass is 290 g/mol. The zero-order chi connectivity index (χ0) is 15.3. The van der Waals surface area contributed by atoms with E-state index < -0.39 is 42.5 Å². The van der Waals surface area contributed by atoms with Crippen LogP contribution in [0.15, 0.2) is 0 Å². The van der Waals surface area contributed by atoms with Crippen molar-refractivity contribution in [1.82, 2.24) is 0 Å². The van der Waals surface area contributed by atoms with Crippen LogP contribution >= 0.6 is 0 Å². The summed E-state index contributed by atoms with van der Waals surface area (Å²) in [6.45, 7) is 3.39. The van der Waals surface area contributed by atoms with Crippen molar-refractivity contribution in [3.05, 3.63) is 0 Å². The maximum atomic E-state index is 11.1. The summed E-state index contributed by atoms with van der Waals surface area (Å²) in [6, 6.07) is 0. The van der Waals surface area contributed by atoms with Crippen LogP contribution in [-0.2, 0) is 33.3 Å². The summed E-state index contributed by atoms with van der Waals surface area (Å²) in [5, 5.41) is 9.59. The predicted octanol–water partition coefficient (Wildman–Crippen LogP) is -0.480. The molecule has 0 unspecified atom stereocenters. The van der Waals surface area contributed by atoms with E-state index in [1.807, 2.05) is 0 Å². The van der Waals surface area contributed by atoms with E-state index in [1.165, 1.54) is 20.8 Å². The average Bonchev–Trinajstić information content (AvgIpc) is 2.28. The van der Waals surface area contributed by atoms with E-state index in [9.17, 15) is 19.5 Å². The minimum atomic E-state index is -1.20. The lowest BCUT2D eigenvalue weighted by Crippen LogP contribution is -2.53. The molecule has 0 radical (unpaired) electrons. The minimum Gasteiger partial charge on any atom is -0.463 e. The summed E-state index contributed by atoms with van der Waals surface area (Å²) in [5.41, 5.74) is 0. The van der Waals surface area contributed by atoms with Gasteiger partial charge in [-0.25, -0.2) is 0 Å². The second-order valence-electron chi connectivity index (χ2n) is 4.39. The van der Waals surface area contributed by atoms with Crippen molar-refractivity contribution < 1.29 is 38.4 Å². The van der Waals surface area contributed by atoms with E-state index in [0.29, 0.717) is 0 Å². The molecule has 0 saturated carbocycles. The maximum Gasteiger partial charge on any atom is 0.303 e. The third-order valence-electron chi connectivity index (χ3n) is 2.57. The van der Waals surface area contributed by atoms with Gasteiger partial charge in [0.15, 0.2) is 12.4 Å². The molecule has 0 spiro atoms. The summed E-state index contributed by atoms with van der Waals surface area (Å²) in [7, 11) is 0. The normalized spacial score (nSPS) is 29.4. The van der Waals surface area contributed by atoms with Crippen molar-refractivity contribution in [2.24, 2.45) is 0 Å². The second kappa shape index (κ2) is 7.20. The first kappa shape index (κ1) is 16.4. The predicted molar refractivity (Wildman–Crippen MR) is 63.2 cm³/mol. The van der Waals surface area contributed by atoms with Crippen molar-refractivity contribution in [3.63, 3.8) is 0 Å². The molecule has 0 aromatic heterocycles. The van der Waals surface area contributed by atoms with E-state index >= 15 is 0 Å². The molecule has 1 saturated heterocycles. The number of aliphatic hydroxyl groups is 1. The number of hydrogen-bond donors (Lipinski definition) is 1. The molecule has 1 fully saturated rings. The van der Waals surface area contributed by atoms with Crippen LogP contribution in [-0.4, -0.2) is 54.2 Å². The van der Waals surface area contributed by atoms with Gasteiger partial charge in [0, 0.05) is 27.2 Å². The van der Waals surface area contributed by atoms with Crippen molar-refractivity contribution in [3.8, 4) is 0 Å². The molecule has 114 valence electrons. The van der Waals surface area contributed by atoms with E-state index in [0.717, 1.165) is 0 Å². The first-order valence-corrected chi connectivity index (χ1v) is 6.11. The fourth-order valence-corrected chi connectivity index (χ4v) is 1.91. The Kier molecular flexibility index (Phi) is 5.90. The topological polar surface area (TPSA) is 108 Å². The Morgan fingerprint density at radius 1 is 1.10 bits per heavy atom. The number of hydrogen-bond acceptors (Lipinski definition) is 8. The molecule has 8 heteroatoms. The van der Waals surface area contributed by atoms with Gasteiger partial charge in [0.25, 0.3) is 0 Å². The first-order valence-electron chi connectivity index (χ1n) is 6.11. The molecule has 8 nitrogen and oxygen atoms in total. The third-order valence-corrected chi connectivity index (χ3v) is 2.57. The van der Waals surface area contributed by atoms with Gasteiger partial charge in [-0.3, -0.25) is 14.4 Å². The van der Waals surface area contributed by atoms with Gasteiger partial charge in [0.1, 0.15) is 18.8 Å². The number of carbonyl (C=O) groups is 3. The molecule has 1 aliphatic rings. The minimum absolute atomic E-state index is 0.0336. The van der Waals surface area contributed by atoms with Crippen LogP contribution in [0.1, 0.15) is 27.2 Å². The highest BCUT2D eigenvalue weighted by atomic mass is 16.7. The maximum absolute atomic E-state index is 11.1. The summed E-state index contributed by atoms with van der Waals surface area (Å²) < 4.78 is 20.0. The van der Waals surface area contributed by atoms with Crippen molar-refractivity contribution >= 4 is 17.9 Å². The van der Waals surface area contributed by atoms with E-state index in [1.54, 1.807) is 0 Å². The highest BCUT2D eigenvalue weighted by Crippen LogP contribution is 2.25. The van der Waals surface area contributed by atoms with Crippen LogP contribution in [0.2, 0.25) is 0 Å². The SMILES string of the molecule is CC(=O)OC[C@H]1O[C@H](O)C[C@@H](OC(C)=O)[C@H]1OC(C)=O. The van der Waals surface area contributed by atoms with Gasteiger partial charge in [0.2, 0.25) is 0 Å². The quantitative estimate of drug-likeness (QED) is 0.546. The summed E-state index contributed by atoms with van der Waals surface area (Å²) in [4.78, 5) is 33.0. The molecule has 20 heavy (non-hydrogen) atoms. The van der Waals surface area contributed by atoms with E-state index in [2.05, 4.69) is 0 Å². The van der Waals surface area contributed by atoms with Gasteiger partial charge in [0.05, 0.1) is 0 Å². The van der Waals surface area contributed by atoms with Gasteiger partial charge in [-0.2, -0.15) is 0 Å². The largest absolute Gasteiger partial charge is 0.463 e. The first-order chi connectivity index (χ1) is 9.29. The number of ether oxygens (including phenoxy) is 4. The Labute approximate surface area is 115 Å². The van der Waals surface area contributed by atoms with E-state index in [4.69, 9.17) is 18.9 Å². The summed E-state index contributed by atoms with van der Waals surface area (Å²) in [6.07, 6.45) is -3.95. The molecular weight excluding hydrogens is 272 g/mol. The lowest BCUT2D eigenvalue weighted by atomic mass is 10.0. The average molecular weight is 290 g/mol. The van der Waals surface area contributed by atoms with Gasteiger partial charge in [-0.05, 0) is 0 Å². The zero-order valence-corrected chi connectivity index (χ0v) is 11.5. The van der Waals surface area contributed by atoms with Crippen molar-refractivity contribution in [2.45, 2.75) is 51.8 Å². The highest BCUT2D eigenvalue weighted by molar-refractivity contribution is 5.67. The smallest absolute Gasteiger partial charge is 0.303 e. The molecule has 1 heterocycles.